The molecule has 0 aromatic carbocycles. The van der Waals surface area contributed by atoms with Crippen LogP contribution >= 0.6 is 24.0 Å². The Balaban J connectivity index is 0.00000529. The number of unbranched alkanes of at least 4 members (excludes halogenated alkanes) is 1. The number of ether oxygens (including phenoxy) is 1. The van der Waals surface area contributed by atoms with Crippen molar-refractivity contribution in [1.82, 2.24) is 20.2 Å². The van der Waals surface area contributed by atoms with E-state index in [1.165, 1.54) is 12.4 Å². The number of alkyl halides is 2. The molecule has 24 heavy (non-hydrogen) atoms. The standard InChI is InChI=1S/C15H27F2N5O.HI/c1-3-5-10-23-11-6-7-20-15(18-4-2)21-12-13-19-8-9-22(13)14(16)17;/h8-9,14H,3-7,10-12H2,1-2H3,(H2,18,20,21);1H. The Morgan fingerprint density at radius 3 is 2.71 bits per heavy atom. The zero-order valence-corrected chi connectivity index (χ0v) is 16.6. The zero-order chi connectivity index (χ0) is 16.9. The summed E-state index contributed by atoms with van der Waals surface area (Å²) in [5.41, 5.74) is 0. The Hall–Kier alpha value is -0.970. The van der Waals surface area contributed by atoms with Crippen LogP contribution in [0, 0.1) is 0 Å². The monoisotopic (exact) mass is 459 g/mol. The molecule has 1 rings (SSSR count). The lowest BCUT2D eigenvalue weighted by atomic mass is 10.4. The van der Waals surface area contributed by atoms with E-state index in [4.69, 9.17) is 4.74 Å². The summed E-state index contributed by atoms with van der Waals surface area (Å²) in [6.07, 6.45) is 5.67. The highest BCUT2D eigenvalue weighted by Crippen LogP contribution is 2.12. The molecule has 9 heteroatoms. The first-order chi connectivity index (χ1) is 11.2. The fourth-order valence-corrected chi connectivity index (χ4v) is 1.87. The van der Waals surface area contributed by atoms with Crippen molar-refractivity contribution in [2.75, 3.05) is 26.3 Å². The van der Waals surface area contributed by atoms with E-state index in [2.05, 4.69) is 27.5 Å². The topological polar surface area (TPSA) is 63.5 Å². The Labute approximate surface area is 159 Å². The number of aromatic nitrogens is 2. The van der Waals surface area contributed by atoms with Gasteiger partial charge in [-0.25, -0.2) is 9.98 Å². The van der Waals surface area contributed by atoms with Crippen LogP contribution in [-0.4, -0.2) is 41.8 Å². The minimum atomic E-state index is -2.60. The van der Waals surface area contributed by atoms with E-state index >= 15 is 0 Å². The van der Waals surface area contributed by atoms with Crippen molar-refractivity contribution in [2.24, 2.45) is 4.99 Å². The van der Waals surface area contributed by atoms with Gasteiger partial charge in [-0.2, -0.15) is 8.78 Å². The number of hydrogen-bond acceptors (Lipinski definition) is 3. The Bertz CT molecular complexity index is 457. The van der Waals surface area contributed by atoms with Crippen molar-refractivity contribution in [2.45, 2.75) is 46.2 Å². The molecule has 0 fully saturated rings. The molecule has 6 nitrogen and oxygen atoms in total. The molecule has 0 amide bonds. The van der Waals surface area contributed by atoms with Crippen molar-refractivity contribution in [3.8, 4) is 0 Å². The number of guanidine groups is 1. The molecule has 0 unspecified atom stereocenters. The van der Waals surface area contributed by atoms with Crippen molar-refractivity contribution < 1.29 is 13.5 Å². The minimum Gasteiger partial charge on any atom is -0.381 e. The predicted molar refractivity (Wildman–Crippen MR) is 102 cm³/mol. The maximum absolute atomic E-state index is 12.7. The third-order valence-electron chi connectivity index (χ3n) is 3.08. The highest BCUT2D eigenvalue weighted by atomic mass is 127. The number of aliphatic imine (C=N–C) groups is 1. The highest BCUT2D eigenvalue weighted by molar-refractivity contribution is 14.0. The number of nitrogens with zero attached hydrogens (tertiary/aromatic N) is 3. The minimum absolute atomic E-state index is 0. The molecule has 0 saturated heterocycles. The summed E-state index contributed by atoms with van der Waals surface area (Å²) in [5.74, 6) is 0.824. The molecule has 0 saturated carbocycles. The van der Waals surface area contributed by atoms with Crippen LogP contribution in [0.3, 0.4) is 0 Å². The average Bonchev–Trinajstić information content (AvgIpc) is 3.00. The molecule has 2 N–H and O–H groups in total. The Kier molecular flexibility index (Phi) is 13.8. The molecule has 0 aliphatic rings. The smallest absolute Gasteiger partial charge is 0.319 e. The second-order valence-corrected chi connectivity index (χ2v) is 4.97. The van der Waals surface area contributed by atoms with E-state index in [0.29, 0.717) is 25.7 Å². The second-order valence-electron chi connectivity index (χ2n) is 4.97. The molecule has 0 atom stereocenters. The summed E-state index contributed by atoms with van der Waals surface area (Å²) < 4.78 is 31.8. The quantitative estimate of drug-likeness (QED) is 0.231. The molecule has 1 aromatic heterocycles. The molecular weight excluding hydrogens is 431 g/mol. The number of hydrogen-bond donors (Lipinski definition) is 2. The normalized spacial score (nSPS) is 11.5. The largest absolute Gasteiger partial charge is 0.381 e. The number of nitrogens with one attached hydrogen (secondary N) is 2. The molecule has 0 bridgehead atoms. The van der Waals surface area contributed by atoms with E-state index in [-0.39, 0.29) is 36.3 Å². The van der Waals surface area contributed by atoms with Gasteiger partial charge < -0.3 is 15.4 Å². The predicted octanol–water partition coefficient (Wildman–Crippen LogP) is 3.16. The second kappa shape index (κ2) is 14.4. The van der Waals surface area contributed by atoms with Crippen LogP contribution in [-0.2, 0) is 11.3 Å². The van der Waals surface area contributed by atoms with Crippen LogP contribution in [0.1, 0.15) is 45.5 Å². The summed E-state index contributed by atoms with van der Waals surface area (Å²) >= 11 is 0. The average molecular weight is 459 g/mol. The summed E-state index contributed by atoms with van der Waals surface area (Å²) in [6.45, 7) is 4.47. The van der Waals surface area contributed by atoms with Gasteiger partial charge in [-0.05, 0) is 19.8 Å². The maximum Gasteiger partial charge on any atom is 0.319 e. The van der Waals surface area contributed by atoms with Crippen LogP contribution < -0.4 is 10.6 Å². The van der Waals surface area contributed by atoms with E-state index in [9.17, 15) is 8.78 Å². The van der Waals surface area contributed by atoms with E-state index < -0.39 is 6.55 Å². The molecule has 1 heterocycles. The van der Waals surface area contributed by atoms with Crippen molar-refractivity contribution in [3.63, 3.8) is 0 Å². The Morgan fingerprint density at radius 2 is 2.04 bits per heavy atom. The maximum atomic E-state index is 12.7. The summed E-state index contributed by atoms with van der Waals surface area (Å²) in [7, 11) is 0. The van der Waals surface area contributed by atoms with Gasteiger partial charge in [0.15, 0.2) is 5.96 Å². The van der Waals surface area contributed by atoms with Crippen LogP contribution in [0.5, 0.6) is 0 Å². The fraction of sp³-hybridized carbons (Fsp3) is 0.733. The van der Waals surface area contributed by atoms with Gasteiger partial charge in [-0.15, -0.1) is 24.0 Å². The third kappa shape index (κ3) is 9.36. The molecule has 1 aromatic rings. The van der Waals surface area contributed by atoms with E-state index in [1.54, 1.807) is 0 Å². The first-order valence-electron chi connectivity index (χ1n) is 8.08. The lowest BCUT2D eigenvalue weighted by Gasteiger charge is -2.11. The summed E-state index contributed by atoms with van der Waals surface area (Å²) in [6, 6.07) is 0. The third-order valence-corrected chi connectivity index (χ3v) is 3.08. The van der Waals surface area contributed by atoms with Gasteiger partial charge >= 0.3 is 6.55 Å². The van der Waals surface area contributed by atoms with Crippen LogP contribution in [0.25, 0.3) is 0 Å². The first-order valence-corrected chi connectivity index (χ1v) is 8.08. The lowest BCUT2D eigenvalue weighted by molar-refractivity contribution is 0.0671. The number of halogens is 3. The van der Waals surface area contributed by atoms with E-state index in [0.717, 1.165) is 30.4 Å². The Morgan fingerprint density at radius 1 is 1.29 bits per heavy atom. The first kappa shape index (κ1) is 23.0. The highest BCUT2D eigenvalue weighted by Gasteiger charge is 2.10. The number of imidazole rings is 1. The van der Waals surface area contributed by atoms with Gasteiger partial charge in [-0.1, -0.05) is 13.3 Å². The SMILES string of the molecule is CCCCOCCCNC(=NCc1nccn1C(F)F)NCC.I. The van der Waals surface area contributed by atoms with Crippen molar-refractivity contribution in [1.29, 1.82) is 0 Å². The molecule has 0 radical (unpaired) electrons. The van der Waals surface area contributed by atoms with E-state index in [1.807, 2.05) is 6.92 Å². The van der Waals surface area contributed by atoms with Gasteiger partial charge in [0.05, 0.1) is 0 Å². The lowest BCUT2D eigenvalue weighted by Crippen LogP contribution is -2.38. The van der Waals surface area contributed by atoms with Crippen molar-refractivity contribution >= 4 is 29.9 Å². The van der Waals surface area contributed by atoms with Crippen LogP contribution in [0.15, 0.2) is 17.4 Å². The van der Waals surface area contributed by atoms with Gasteiger partial charge in [0, 0.05) is 38.7 Å². The molecule has 0 aliphatic heterocycles. The molecule has 0 aliphatic carbocycles. The number of rotatable bonds is 11. The summed E-state index contributed by atoms with van der Waals surface area (Å²) in [5, 5.41) is 6.24. The van der Waals surface area contributed by atoms with Gasteiger partial charge in [-0.3, -0.25) is 4.57 Å². The van der Waals surface area contributed by atoms with Crippen LogP contribution in [0.4, 0.5) is 8.78 Å². The molecule has 0 spiro atoms. The zero-order valence-electron chi connectivity index (χ0n) is 14.3. The van der Waals surface area contributed by atoms with Gasteiger partial charge in [0.25, 0.3) is 0 Å². The van der Waals surface area contributed by atoms with Crippen molar-refractivity contribution in [3.05, 3.63) is 18.2 Å². The molecule has 140 valence electrons. The van der Waals surface area contributed by atoms with Gasteiger partial charge in [0.2, 0.25) is 0 Å². The summed E-state index contributed by atoms with van der Waals surface area (Å²) in [4.78, 5) is 8.19. The molecular formula is C15H28F2IN5O. The fourth-order valence-electron chi connectivity index (χ4n) is 1.87. The van der Waals surface area contributed by atoms with Gasteiger partial charge in [0.1, 0.15) is 12.4 Å². The van der Waals surface area contributed by atoms with Crippen LogP contribution in [0.2, 0.25) is 0 Å².